The third-order valence-electron chi connectivity index (χ3n) is 2.19. The van der Waals surface area contributed by atoms with Crippen molar-refractivity contribution in [1.29, 1.82) is 5.26 Å². The number of nitriles is 1. The number of rotatable bonds is 3. The van der Waals surface area contributed by atoms with Crippen LogP contribution in [0.1, 0.15) is 5.56 Å². The summed E-state index contributed by atoms with van der Waals surface area (Å²) in [4.78, 5) is 7.75. The zero-order valence-electron chi connectivity index (χ0n) is 9.62. The summed E-state index contributed by atoms with van der Waals surface area (Å²) in [6.45, 7) is 0. The molecule has 0 saturated heterocycles. The number of hydrogen-bond acceptors (Lipinski definition) is 6. The molecule has 0 amide bonds. The Kier molecular flexibility index (Phi) is 3.25. The largest absolute Gasteiger partial charge is 0.497 e. The van der Waals surface area contributed by atoms with Gasteiger partial charge in [-0.25, -0.2) is 4.98 Å². The van der Waals surface area contributed by atoms with Crippen LogP contribution in [0.5, 0.6) is 17.5 Å². The van der Waals surface area contributed by atoms with Crippen LogP contribution < -0.4 is 15.2 Å². The summed E-state index contributed by atoms with van der Waals surface area (Å²) < 4.78 is 10.4. The smallest absolute Gasteiger partial charge is 0.323 e. The predicted molar refractivity (Wildman–Crippen MR) is 64.2 cm³/mol. The van der Waals surface area contributed by atoms with Gasteiger partial charge in [0, 0.05) is 0 Å². The van der Waals surface area contributed by atoms with Crippen LogP contribution in [0.2, 0.25) is 0 Å². The lowest BCUT2D eigenvalue weighted by Gasteiger charge is -2.05. The Morgan fingerprint density at radius 2 is 1.89 bits per heavy atom. The molecular weight excluding hydrogens is 232 g/mol. The van der Waals surface area contributed by atoms with Gasteiger partial charge in [-0.1, -0.05) is 0 Å². The zero-order chi connectivity index (χ0) is 13.0. The van der Waals surface area contributed by atoms with E-state index < -0.39 is 0 Å². The van der Waals surface area contributed by atoms with Gasteiger partial charge in [0.2, 0.25) is 0 Å². The molecular formula is C12H10N4O2. The molecule has 0 bridgehead atoms. The van der Waals surface area contributed by atoms with Gasteiger partial charge in [0.05, 0.1) is 13.3 Å². The normalized spacial score (nSPS) is 9.56. The number of nitrogen functional groups attached to an aromatic ring is 1. The highest BCUT2D eigenvalue weighted by Crippen LogP contribution is 2.22. The molecule has 2 N–H and O–H groups in total. The highest BCUT2D eigenvalue weighted by Gasteiger charge is 2.05. The standard InChI is InChI=1S/C12H10N4O2/c1-17-9-2-4-10(5-3-9)18-12-15-7-8(6-13)11(14)16-12/h2-5,7H,1H3,(H2,14,15,16). The molecule has 0 spiro atoms. The van der Waals surface area contributed by atoms with Crippen LogP contribution >= 0.6 is 0 Å². The molecule has 0 saturated carbocycles. The molecule has 18 heavy (non-hydrogen) atoms. The Balaban J connectivity index is 2.18. The first-order valence-electron chi connectivity index (χ1n) is 5.07. The molecule has 0 atom stereocenters. The van der Waals surface area contributed by atoms with Crippen LogP contribution in [0.4, 0.5) is 5.82 Å². The van der Waals surface area contributed by atoms with Gasteiger partial charge in [-0.3, -0.25) is 0 Å². The van der Waals surface area contributed by atoms with Gasteiger partial charge >= 0.3 is 6.01 Å². The number of nitrogens with two attached hydrogens (primary N) is 1. The molecule has 0 aliphatic heterocycles. The van der Waals surface area contributed by atoms with Crippen LogP contribution in [0, 0.1) is 11.3 Å². The number of benzene rings is 1. The van der Waals surface area contributed by atoms with Crippen molar-refractivity contribution in [2.24, 2.45) is 0 Å². The highest BCUT2D eigenvalue weighted by molar-refractivity contribution is 5.47. The van der Waals surface area contributed by atoms with Gasteiger partial charge in [0.25, 0.3) is 0 Å². The van der Waals surface area contributed by atoms with E-state index in [0.29, 0.717) is 5.75 Å². The second-order valence-corrected chi connectivity index (χ2v) is 3.34. The number of nitrogens with zero attached hydrogens (tertiary/aromatic N) is 3. The topological polar surface area (TPSA) is 94.0 Å². The van der Waals surface area contributed by atoms with Crippen molar-refractivity contribution in [3.8, 4) is 23.6 Å². The molecule has 0 unspecified atom stereocenters. The van der Waals surface area contributed by atoms with Crippen molar-refractivity contribution in [3.05, 3.63) is 36.0 Å². The van der Waals surface area contributed by atoms with Crippen molar-refractivity contribution in [2.45, 2.75) is 0 Å². The fraction of sp³-hybridized carbons (Fsp3) is 0.0833. The number of aromatic nitrogens is 2. The average molecular weight is 242 g/mol. The van der Waals surface area contributed by atoms with Gasteiger partial charge < -0.3 is 15.2 Å². The summed E-state index contributed by atoms with van der Waals surface area (Å²) in [5, 5.41) is 8.69. The van der Waals surface area contributed by atoms with E-state index in [1.54, 1.807) is 31.4 Å². The molecule has 6 nitrogen and oxygen atoms in total. The Morgan fingerprint density at radius 3 is 2.44 bits per heavy atom. The number of methoxy groups -OCH3 is 1. The lowest BCUT2D eigenvalue weighted by molar-refractivity contribution is 0.410. The van der Waals surface area contributed by atoms with E-state index in [4.69, 9.17) is 20.5 Å². The van der Waals surface area contributed by atoms with Crippen molar-refractivity contribution >= 4 is 5.82 Å². The minimum atomic E-state index is 0.0935. The van der Waals surface area contributed by atoms with Crippen LogP contribution in [0.25, 0.3) is 0 Å². The summed E-state index contributed by atoms with van der Waals surface area (Å²) >= 11 is 0. The zero-order valence-corrected chi connectivity index (χ0v) is 9.62. The van der Waals surface area contributed by atoms with E-state index in [1.165, 1.54) is 6.20 Å². The van der Waals surface area contributed by atoms with Gasteiger partial charge in [0.1, 0.15) is 28.9 Å². The summed E-state index contributed by atoms with van der Waals surface area (Å²) in [7, 11) is 1.58. The third kappa shape index (κ3) is 2.47. The van der Waals surface area contributed by atoms with Crippen LogP contribution in [-0.4, -0.2) is 17.1 Å². The fourth-order valence-electron chi connectivity index (χ4n) is 1.26. The maximum atomic E-state index is 8.69. The van der Waals surface area contributed by atoms with Crippen molar-refractivity contribution in [2.75, 3.05) is 12.8 Å². The first kappa shape index (κ1) is 11.7. The molecule has 1 heterocycles. The van der Waals surface area contributed by atoms with Crippen molar-refractivity contribution < 1.29 is 9.47 Å². The number of anilines is 1. The SMILES string of the molecule is COc1ccc(Oc2ncc(C#N)c(N)n2)cc1. The molecule has 2 aromatic rings. The van der Waals surface area contributed by atoms with E-state index >= 15 is 0 Å². The van der Waals surface area contributed by atoms with Crippen LogP contribution in [0.3, 0.4) is 0 Å². The monoisotopic (exact) mass is 242 g/mol. The molecule has 90 valence electrons. The molecule has 1 aromatic heterocycles. The van der Waals surface area contributed by atoms with Crippen molar-refractivity contribution in [3.63, 3.8) is 0 Å². The van der Waals surface area contributed by atoms with E-state index in [0.717, 1.165) is 5.75 Å². The summed E-state index contributed by atoms with van der Waals surface area (Å²) in [6.07, 6.45) is 1.32. The van der Waals surface area contributed by atoms with E-state index in [9.17, 15) is 0 Å². The molecule has 2 rings (SSSR count). The van der Waals surface area contributed by atoms with E-state index in [1.807, 2.05) is 6.07 Å². The number of ether oxygens (including phenoxy) is 2. The number of hydrogen-bond donors (Lipinski definition) is 1. The molecule has 1 aromatic carbocycles. The van der Waals surface area contributed by atoms with Gasteiger partial charge in [-0.2, -0.15) is 10.2 Å². The fourth-order valence-corrected chi connectivity index (χ4v) is 1.26. The molecule has 0 fully saturated rings. The van der Waals surface area contributed by atoms with Crippen LogP contribution in [-0.2, 0) is 0 Å². The molecule has 0 aliphatic carbocycles. The highest BCUT2D eigenvalue weighted by atomic mass is 16.5. The van der Waals surface area contributed by atoms with Crippen molar-refractivity contribution in [1.82, 2.24) is 9.97 Å². The maximum Gasteiger partial charge on any atom is 0.323 e. The molecule has 6 heteroatoms. The summed E-state index contributed by atoms with van der Waals surface area (Å²) in [6, 6.07) is 8.92. The summed E-state index contributed by atoms with van der Waals surface area (Å²) in [5.74, 6) is 1.37. The summed E-state index contributed by atoms with van der Waals surface area (Å²) in [5.41, 5.74) is 5.78. The average Bonchev–Trinajstić information content (AvgIpc) is 2.40. The van der Waals surface area contributed by atoms with Crippen LogP contribution in [0.15, 0.2) is 30.5 Å². The van der Waals surface area contributed by atoms with Gasteiger partial charge in [0.15, 0.2) is 0 Å². The minimum Gasteiger partial charge on any atom is -0.497 e. The lowest BCUT2D eigenvalue weighted by atomic mass is 10.3. The Bertz CT molecular complexity index is 590. The quantitative estimate of drug-likeness (QED) is 0.880. The first-order chi connectivity index (χ1) is 8.72. The predicted octanol–water partition coefficient (Wildman–Crippen LogP) is 1.73. The minimum absolute atomic E-state index is 0.0935. The molecule has 0 aliphatic rings. The Morgan fingerprint density at radius 1 is 1.22 bits per heavy atom. The van der Waals surface area contributed by atoms with E-state index in [-0.39, 0.29) is 17.4 Å². The molecule has 0 radical (unpaired) electrons. The Hall–Kier alpha value is -2.81. The second-order valence-electron chi connectivity index (χ2n) is 3.34. The maximum absolute atomic E-state index is 8.69. The Labute approximate surface area is 104 Å². The second kappa shape index (κ2) is 5.01. The van der Waals surface area contributed by atoms with E-state index in [2.05, 4.69) is 9.97 Å². The third-order valence-corrected chi connectivity index (χ3v) is 2.19. The lowest BCUT2D eigenvalue weighted by Crippen LogP contribution is -1.99. The van der Waals surface area contributed by atoms with Gasteiger partial charge in [-0.15, -0.1) is 0 Å². The first-order valence-corrected chi connectivity index (χ1v) is 5.07. The van der Waals surface area contributed by atoms with Gasteiger partial charge in [-0.05, 0) is 24.3 Å².